The zero-order valence-corrected chi connectivity index (χ0v) is 11.7. The van der Waals surface area contributed by atoms with Crippen LogP contribution in [0, 0.1) is 10.1 Å². The maximum atomic E-state index is 12.4. The molecule has 0 aromatic heterocycles. The van der Waals surface area contributed by atoms with Gasteiger partial charge in [-0.3, -0.25) is 10.1 Å². The SMILES string of the molecule is CCN(CC(F)(F)F)c1ccc(CBr)cc1[N+](=O)[O-]. The summed E-state index contributed by atoms with van der Waals surface area (Å²) in [6.45, 7) is 0.347. The summed E-state index contributed by atoms with van der Waals surface area (Å²) in [5.41, 5.74) is 0.302. The van der Waals surface area contributed by atoms with Gasteiger partial charge in [0, 0.05) is 17.9 Å². The van der Waals surface area contributed by atoms with Crippen LogP contribution >= 0.6 is 15.9 Å². The van der Waals surface area contributed by atoms with Crippen LogP contribution in [0.15, 0.2) is 18.2 Å². The number of anilines is 1. The van der Waals surface area contributed by atoms with Crippen LogP contribution in [-0.2, 0) is 5.33 Å². The van der Waals surface area contributed by atoms with Gasteiger partial charge in [-0.1, -0.05) is 22.0 Å². The van der Waals surface area contributed by atoms with Gasteiger partial charge in [0.2, 0.25) is 0 Å². The van der Waals surface area contributed by atoms with Gasteiger partial charge in [-0.15, -0.1) is 0 Å². The second kappa shape index (κ2) is 6.23. The Hall–Kier alpha value is -1.31. The third kappa shape index (κ3) is 4.38. The van der Waals surface area contributed by atoms with Crippen LogP contribution in [0.25, 0.3) is 0 Å². The van der Waals surface area contributed by atoms with Crippen molar-refractivity contribution in [1.29, 1.82) is 0 Å². The van der Waals surface area contributed by atoms with Gasteiger partial charge in [0.25, 0.3) is 5.69 Å². The lowest BCUT2D eigenvalue weighted by Gasteiger charge is -2.24. The van der Waals surface area contributed by atoms with Crippen molar-refractivity contribution in [1.82, 2.24) is 0 Å². The summed E-state index contributed by atoms with van der Waals surface area (Å²) in [7, 11) is 0. The lowest BCUT2D eigenvalue weighted by atomic mass is 10.1. The Morgan fingerprint density at radius 1 is 1.42 bits per heavy atom. The van der Waals surface area contributed by atoms with E-state index in [-0.39, 0.29) is 17.9 Å². The largest absolute Gasteiger partial charge is 0.405 e. The van der Waals surface area contributed by atoms with Crippen molar-refractivity contribution in [2.45, 2.75) is 18.4 Å². The molecule has 0 fully saturated rings. The fraction of sp³-hybridized carbons (Fsp3) is 0.455. The highest BCUT2D eigenvalue weighted by Gasteiger charge is 2.32. The number of alkyl halides is 4. The monoisotopic (exact) mass is 340 g/mol. The highest BCUT2D eigenvalue weighted by Crippen LogP contribution is 2.31. The molecule has 0 unspecified atom stereocenters. The first-order chi connectivity index (χ1) is 8.78. The van der Waals surface area contributed by atoms with Crippen molar-refractivity contribution < 1.29 is 18.1 Å². The number of nitro benzene ring substituents is 1. The van der Waals surface area contributed by atoms with E-state index >= 15 is 0 Å². The number of hydrogen-bond donors (Lipinski definition) is 0. The van der Waals surface area contributed by atoms with Crippen LogP contribution in [0.2, 0.25) is 0 Å². The molecule has 0 bridgehead atoms. The fourth-order valence-electron chi connectivity index (χ4n) is 1.65. The number of rotatable bonds is 5. The van der Waals surface area contributed by atoms with Crippen LogP contribution < -0.4 is 4.90 Å². The maximum absolute atomic E-state index is 12.4. The van der Waals surface area contributed by atoms with Crippen LogP contribution in [0.4, 0.5) is 24.5 Å². The van der Waals surface area contributed by atoms with Gasteiger partial charge in [-0.05, 0) is 18.6 Å². The predicted molar refractivity (Wildman–Crippen MR) is 69.7 cm³/mol. The summed E-state index contributed by atoms with van der Waals surface area (Å²) >= 11 is 3.15. The lowest BCUT2D eigenvalue weighted by molar-refractivity contribution is -0.384. The molecule has 0 radical (unpaired) electrons. The second-order valence-electron chi connectivity index (χ2n) is 3.84. The van der Waals surface area contributed by atoms with E-state index < -0.39 is 17.6 Å². The van der Waals surface area contributed by atoms with Gasteiger partial charge in [-0.2, -0.15) is 13.2 Å². The van der Waals surface area contributed by atoms with E-state index in [1.54, 1.807) is 6.07 Å². The zero-order valence-electron chi connectivity index (χ0n) is 10.1. The third-order valence-electron chi connectivity index (χ3n) is 2.48. The summed E-state index contributed by atoms with van der Waals surface area (Å²) in [5, 5.41) is 11.4. The van der Waals surface area contributed by atoms with Crippen molar-refractivity contribution in [3.63, 3.8) is 0 Å². The highest BCUT2D eigenvalue weighted by atomic mass is 79.9. The Balaban J connectivity index is 3.19. The molecule has 0 aliphatic heterocycles. The molecule has 0 N–H and O–H groups in total. The summed E-state index contributed by atoms with van der Waals surface area (Å²) in [5.74, 6) is 0. The van der Waals surface area contributed by atoms with E-state index in [4.69, 9.17) is 0 Å². The van der Waals surface area contributed by atoms with E-state index in [0.29, 0.717) is 10.9 Å². The van der Waals surface area contributed by atoms with E-state index in [1.807, 2.05) is 0 Å². The number of halogens is 4. The smallest absolute Gasteiger partial charge is 0.357 e. The van der Waals surface area contributed by atoms with Crippen LogP contribution in [0.1, 0.15) is 12.5 Å². The third-order valence-corrected chi connectivity index (χ3v) is 3.13. The summed E-state index contributed by atoms with van der Waals surface area (Å²) in [4.78, 5) is 11.2. The van der Waals surface area contributed by atoms with Gasteiger partial charge in [0.05, 0.1) is 4.92 Å². The molecule has 0 amide bonds. The Morgan fingerprint density at radius 2 is 2.05 bits per heavy atom. The van der Waals surface area contributed by atoms with Crippen molar-refractivity contribution in [2.75, 3.05) is 18.0 Å². The normalized spacial score (nSPS) is 11.4. The minimum atomic E-state index is -4.40. The molecular weight excluding hydrogens is 329 g/mol. The second-order valence-corrected chi connectivity index (χ2v) is 4.40. The molecule has 8 heteroatoms. The Bertz CT molecular complexity index is 466. The first-order valence-electron chi connectivity index (χ1n) is 5.43. The molecule has 0 saturated heterocycles. The van der Waals surface area contributed by atoms with Crippen molar-refractivity contribution in [2.24, 2.45) is 0 Å². The van der Waals surface area contributed by atoms with Gasteiger partial charge in [0.15, 0.2) is 0 Å². The van der Waals surface area contributed by atoms with Crippen molar-refractivity contribution in [3.05, 3.63) is 33.9 Å². The summed E-state index contributed by atoms with van der Waals surface area (Å²) in [6, 6.07) is 4.20. The zero-order chi connectivity index (χ0) is 14.6. The molecule has 1 rings (SSSR count). The van der Waals surface area contributed by atoms with Crippen LogP contribution in [0.3, 0.4) is 0 Å². The molecule has 19 heavy (non-hydrogen) atoms. The van der Waals surface area contributed by atoms with Gasteiger partial charge >= 0.3 is 6.18 Å². The number of benzene rings is 1. The molecule has 0 heterocycles. The summed E-state index contributed by atoms with van der Waals surface area (Å²) in [6.07, 6.45) is -4.40. The van der Waals surface area contributed by atoms with Crippen LogP contribution in [-0.4, -0.2) is 24.2 Å². The van der Waals surface area contributed by atoms with Crippen molar-refractivity contribution in [3.8, 4) is 0 Å². The molecule has 0 aliphatic carbocycles. The van der Waals surface area contributed by atoms with Gasteiger partial charge < -0.3 is 4.90 Å². The Kier molecular flexibility index (Phi) is 5.16. The topological polar surface area (TPSA) is 46.4 Å². The minimum Gasteiger partial charge on any atom is -0.357 e. The molecule has 0 atom stereocenters. The Morgan fingerprint density at radius 3 is 2.47 bits per heavy atom. The number of hydrogen-bond acceptors (Lipinski definition) is 3. The van der Waals surface area contributed by atoms with E-state index in [1.165, 1.54) is 19.1 Å². The molecular formula is C11H12BrF3N2O2. The maximum Gasteiger partial charge on any atom is 0.405 e. The first-order valence-corrected chi connectivity index (χ1v) is 6.55. The molecule has 106 valence electrons. The lowest BCUT2D eigenvalue weighted by Crippen LogP contribution is -2.34. The average molecular weight is 341 g/mol. The Labute approximate surface area is 116 Å². The fourth-order valence-corrected chi connectivity index (χ4v) is 2.00. The molecule has 0 aliphatic rings. The quantitative estimate of drug-likeness (QED) is 0.464. The predicted octanol–water partition coefficient (Wildman–Crippen LogP) is 3.88. The van der Waals surface area contributed by atoms with E-state index in [0.717, 1.165) is 4.90 Å². The van der Waals surface area contributed by atoms with Gasteiger partial charge in [0.1, 0.15) is 12.2 Å². The van der Waals surface area contributed by atoms with E-state index in [9.17, 15) is 23.3 Å². The highest BCUT2D eigenvalue weighted by molar-refractivity contribution is 9.08. The average Bonchev–Trinajstić information content (AvgIpc) is 2.34. The van der Waals surface area contributed by atoms with Crippen LogP contribution in [0.5, 0.6) is 0 Å². The van der Waals surface area contributed by atoms with Crippen molar-refractivity contribution >= 4 is 27.3 Å². The molecule has 1 aromatic carbocycles. The number of nitro groups is 1. The minimum absolute atomic E-state index is 0.0190. The molecule has 4 nitrogen and oxygen atoms in total. The number of nitrogens with zero attached hydrogens (tertiary/aromatic N) is 2. The van der Waals surface area contributed by atoms with E-state index in [2.05, 4.69) is 15.9 Å². The summed E-state index contributed by atoms with van der Waals surface area (Å²) < 4.78 is 37.3. The molecule has 1 aromatic rings. The molecule has 0 spiro atoms. The molecule has 0 saturated carbocycles. The first kappa shape index (κ1) is 15.7. The standard InChI is InChI=1S/C11H12BrF3N2O2/c1-2-16(7-11(13,14)15)9-4-3-8(6-12)5-10(9)17(18)19/h3-5H,2,6-7H2,1H3. The van der Waals surface area contributed by atoms with Gasteiger partial charge in [-0.25, -0.2) is 0 Å².